The van der Waals surface area contributed by atoms with Gasteiger partial charge in [0.15, 0.2) is 4.34 Å². The molecule has 2 atom stereocenters. The number of nitrogens with zero attached hydrogens (tertiary/aromatic N) is 3. The van der Waals surface area contributed by atoms with Crippen LogP contribution in [0.3, 0.4) is 0 Å². The number of hydrogen-bond acceptors (Lipinski definition) is 8. The van der Waals surface area contributed by atoms with Gasteiger partial charge in [-0.1, -0.05) is 77.2 Å². The molecule has 3 aromatic carbocycles. The quantitative estimate of drug-likeness (QED) is 0.0930. The molecule has 6 rings (SSSR count). The van der Waals surface area contributed by atoms with E-state index in [0.29, 0.717) is 32.7 Å². The summed E-state index contributed by atoms with van der Waals surface area (Å²) in [7, 11) is 0. The normalized spacial score (nSPS) is 19.8. The Bertz CT molecular complexity index is 1620. The van der Waals surface area contributed by atoms with Gasteiger partial charge in [-0.2, -0.15) is 0 Å². The molecule has 0 aliphatic carbocycles. The molecule has 0 radical (unpaired) electrons. The fourth-order valence-electron chi connectivity index (χ4n) is 4.82. The molecule has 1 fully saturated rings. The number of rotatable bonds is 6. The number of halogens is 1. The molecule has 2 aliphatic rings. The molecule has 1 aromatic heterocycles. The second-order valence-corrected chi connectivity index (χ2v) is 11.9. The van der Waals surface area contributed by atoms with Crippen molar-refractivity contribution in [2.45, 2.75) is 35.6 Å². The smallest absolute Gasteiger partial charge is 0.301 e. The van der Waals surface area contributed by atoms with Gasteiger partial charge in [0.05, 0.1) is 11.6 Å². The van der Waals surface area contributed by atoms with Crippen molar-refractivity contribution >= 4 is 57.3 Å². The molecule has 3 heterocycles. The Balaban J connectivity index is 1.40. The van der Waals surface area contributed by atoms with Gasteiger partial charge >= 0.3 is 5.91 Å². The summed E-state index contributed by atoms with van der Waals surface area (Å²) in [5.74, 6) is -0.398. The molecular formula is C29H22ClN3O4S2. The standard InChI is InChI=1S/C29H22ClN3O4S2/c1-16-12-20-13-19(10-11-22(20)37-16)25(34)23-24(18-8-5-9-21(30)14-18)33(27(36)26(23)35)28-31-32-29(39-28)38-15-17-6-3-2-4-7-17/h2-11,13-14,16,24,34H,12,15H2,1H3/b25-23-. The molecule has 1 N–H and O–H groups in total. The number of Topliss-reactive ketones (excluding diaryl/α,β-unsaturated/α-hetero) is 1. The number of ketones is 1. The van der Waals surface area contributed by atoms with Crippen LogP contribution in [0.1, 0.15) is 35.2 Å². The molecule has 0 saturated carbocycles. The zero-order chi connectivity index (χ0) is 27.1. The number of benzene rings is 3. The maximum Gasteiger partial charge on any atom is 0.301 e. The first-order chi connectivity index (χ1) is 18.9. The number of aliphatic hydroxyl groups is 1. The largest absolute Gasteiger partial charge is 0.507 e. The van der Waals surface area contributed by atoms with E-state index in [1.54, 1.807) is 42.5 Å². The fourth-order valence-corrected chi connectivity index (χ4v) is 6.85. The maximum atomic E-state index is 13.5. The lowest BCUT2D eigenvalue weighted by Gasteiger charge is -2.22. The van der Waals surface area contributed by atoms with Crippen LogP contribution in [0.25, 0.3) is 5.76 Å². The number of carbonyl (C=O) groups excluding carboxylic acids is 2. The first-order valence-electron chi connectivity index (χ1n) is 12.3. The summed E-state index contributed by atoms with van der Waals surface area (Å²) in [5.41, 5.74) is 3.06. The van der Waals surface area contributed by atoms with E-state index in [-0.39, 0.29) is 22.6 Å². The third-order valence-electron chi connectivity index (χ3n) is 6.59. The highest BCUT2D eigenvalue weighted by molar-refractivity contribution is 8.00. The van der Waals surface area contributed by atoms with Crippen LogP contribution in [0.5, 0.6) is 5.75 Å². The van der Waals surface area contributed by atoms with Gasteiger partial charge in [0.1, 0.15) is 17.6 Å². The maximum absolute atomic E-state index is 13.5. The van der Waals surface area contributed by atoms with Crippen molar-refractivity contribution in [2.75, 3.05) is 4.90 Å². The van der Waals surface area contributed by atoms with Gasteiger partial charge < -0.3 is 9.84 Å². The van der Waals surface area contributed by atoms with Crippen molar-refractivity contribution in [1.82, 2.24) is 10.2 Å². The second kappa shape index (κ2) is 10.5. The number of anilines is 1. The summed E-state index contributed by atoms with van der Waals surface area (Å²) >= 11 is 9.03. The van der Waals surface area contributed by atoms with E-state index < -0.39 is 17.7 Å². The summed E-state index contributed by atoms with van der Waals surface area (Å²) in [6, 6.07) is 21.2. The van der Waals surface area contributed by atoms with Gasteiger partial charge in [-0.05, 0) is 53.9 Å². The van der Waals surface area contributed by atoms with Gasteiger partial charge in [0.2, 0.25) is 5.13 Å². The molecule has 0 bridgehead atoms. The van der Waals surface area contributed by atoms with Crippen LogP contribution in [0, 0.1) is 0 Å². The van der Waals surface area contributed by atoms with E-state index in [2.05, 4.69) is 10.2 Å². The van der Waals surface area contributed by atoms with E-state index in [1.807, 2.05) is 37.3 Å². The zero-order valence-corrected chi connectivity index (χ0v) is 23.1. The van der Waals surface area contributed by atoms with E-state index in [9.17, 15) is 14.7 Å². The van der Waals surface area contributed by atoms with Crippen molar-refractivity contribution in [3.63, 3.8) is 0 Å². The van der Waals surface area contributed by atoms with Gasteiger partial charge in [-0.15, -0.1) is 10.2 Å². The topological polar surface area (TPSA) is 92.6 Å². The minimum absolute atomic E-state index is 0.0251. The van der Waals surface area contributed by atoms with Crippen LogP contribution < -0.4 is 9.64 Å². The predicted octanol–water partition coefficient (Wildman–Crippen LogP) is 6.43. The molecule has 4 aromatic rings. The highest BCUT2D eigenvalue weighted by Gasteiger charge is 2.48. The number of aromatic nitrogens is 2. The van der Waals surface area contributed by atoms with E-state index in [4.69, 9.17) is 16.3 Å². The highest BCUT2D eigenvalue weighted by atomic mass is 35.5. The van der Waals surface area contributed by atoms with Crippen molar-refractivity contribution in [1.29, 1.82) is 0 Å². The molecule has 1 amide bonds. The average molecular weight is 576 g/mol. The molecule has 196 valence electrons. The number of amides is 1. The van der Waals surface area contributed by atoms with Crippen LogP contribution in [0.15, 0.2) is 82.7 Å². The second-order valence-electron chi connectivity index (χ2n) is 9.30. The lowest BCUT2D eigenvalue weighted by Crippen LogP contribution is -2.29. The summed E-state index contributed by atoms with van der Waals surface area (Å²) in [6.45, 7) is 1.97. The number of carbonyl (C=O) groups is 2. The Morgan fingerprint density at radius 3 is 2.72 bits per heavy atom. The predicted molar refractivity (Wildman–Crippen MR) is 152 cm³/mol. The molecule has 2 unspecified atom stereocenters. The Morgan fingerprint density at radius 2 is 1.92 bits per heavy atom. The Kier molecular flexibility index (Phi) is 6.88. The molecule has 1 saturated heterocycles. The summed E-state index contributed by atoms with van der Waals surface area (Å²) in [6.07, 6.45) is 0.720. The number of hydrogen-bond donors (Lipinski definition) is 1. The van der Waals surface area contributed by atoms with Crippen molar-refractivity contribution < 1.29 is 19.4 Å². The molecule has 2 aliphatic heterocycles. The van der Waals surface area contributed by atoms with Crippen molar-refractivity contribution in [3.05, 3.63) is 106 Å². The Hall–Kier alpha value is -3.66. The third kappa shape index (κ3) is 4.93. The van der Waals surface area contributed by atoms with E-state index >= 15 is 0 Å². The Labute approximate surface area is 238 Å². The van der Waals surface area contributed by atoms with E-state index in [0.717, 1.165) is 16.9 Å². The number of fused-ring (bicyclic) bond motifs is 1. The molecule has 7 nitrogen and oxygen atoms in total. The van der Waals surface area contributed by atoms with Crippen molar-refractivity contribution in [2.24, 2.45) is 0 Å². The third-order valence-corrected chi connectivity index (χ3v) is 8.95. The molecule has 0 spiro atoms. The van der Waals surface area contributed by atoms with Crippen LogP contribution in [0.2, 0.25) is 5.02 Å². The minimum Gasteiger partial charge on any atom is -0.507 e. The summed E-state index contributed by atoms with van der Waals surface area (Å²) in [5, 5.41) is 20.7. The first-order valence-corrected chi connectivity index (χ1v) is 14.4. The average Bonchev–Trinajstić information content (AvgIpc) is 3.62. The zero-order valence-electron chi connectivity index (χ0n) is 20.7. The number of thioether (sulfide) groups is 1. The molecular weight excluding hydrogens is 554 g/mol. The molecule has 39 heavy (non-hydrogen) atoms. The van der Waals surface area contributed by atoms with Gasteiger partial charge in [0.25, 0.3) is 5.78 Å². The lowest BCUT2D eigenvalue weighted by atomic mass is 9.94. The van der Waals surface area contributed by atoms with Crippen LogP contribution in [-0.2, 0) is 21.8 Å². The Morgan fingerprint density at radius 1 is 1.10 bits per heavy atom. The van der Waals surface area contributed by atoms with Gasteiger partial charge in [-0.25, -0.2) is 0 Å². The molecule has 10 heteroatoms. The summed E-state index contributed by atoms with van der Waals surface area (Å²) < 4.78 is 6.44. The van der Waals surface area contributed by atoms with Crippen molar-refractivity contribution in [3.8, 4) is 5.75 Å². The van der Waals surface area contributed by atoms with E-state index in [1.165, 1.54) is 28.0 Å². The number of ether oxygens (including phenoxy) is 1. The highest BCUT2D eigenvalue weighted by Crippen LogP contribution is 2.45. The fraction of sp³-hybridized carbons (Fsp3) is 0.172. The first kappa shape index (κ1) is 25.6. The monoisotopic (exact) mass is 575 g/mol. The van der Waals surface area contributed by atoms with Crippen LogP contribution >= 0.6 is 34.7 Å². The SMILES string of the molecule is CC1Cc2cc(/C(O)=C3/C(=O)C(=O)N(c4nnc(SCc5ccccc5)s4)C3c3cccc(Cl)c3)ccc2O1. The number of aliphatic hydroxyl groups excluding tert-OH is 1. The lowest BCUT2D eigenvalue weighted by molar-refractivity contribution is -0.132. The van der Waals surface area contributed by atoms with Gasteiger partial charge in [0, 0.05) is 22.8 Å². The summed E-state index contributed by atoms with van der Waals surface area (Å²) in [4.78, 5) is 28.2. The van der Waals surface area contributed by atoms with Gasteiger partial charge in [-0.3, -0.25) is 14.5 Å². The van der Waals surface area contributed by atoms with Crippen LogP contribution in [0.4, 0.5) is 5.13 Å². The minimum atomic E-state index is -0.924. The van der Waals surface area contributed by atoms with Crippen LogP contribution in [-0.4, -0.2) is 33.1 Å².